The van der Waals surface area contributed by atoms with E-state index in [1.807, 2.05) is 6.92 Å². The van der Waals surface area contributed by atoms with Crippen LogP contribution in [0, 0.1) is 5.92 Å². The second-order valence-electron chi connectivity index (χ2n) is 3.16. The fourth-order valence-electron chi connectivity index (χ4n) is 1.35. The van der Waals surface area contributed by atoms with Crippen molar-refractivity contribution in [3.63, 3.8) is 0 Å². The molecule has 1 amide bonds. The Labute approximate surface area is 71.2 Å². The van der Waals surface area contributed by atoms with E-state index in [4.69, 9.17) is 5.11 Å². The minimum Gasteiger partial charge on any atom is -0.481 e. The van der Waals surface area contributed by atoms with E-state index in [0.29, 0.717) is 13.1 Å². The topological polar surface area (TPSA) is 57.6 Å². The molecule has 0 bridgehead atoms. The normalized spacial score (nSPS) is 23.2. The van der Waals surface area contributed by atoms with E-state index in [0.717, 1.165) is 6.42 Å². The molecule has 0 aromatic heterocycles. The number of carboxylic acids is 1. The number of amides is 1. The lowest BCUT2D eigenvalue weighted by Crippen LogP contribution is -2.28. The van der Waals surface area contributed by atoms with Gasteiger partial charge in [0.1, 0.15) is 0 Å². The molecule has 0 radical (unpaired) electrons. The maximum absolute atomic E-state index is 11.3. The standard InChI is InChI=1S/C8H13NO3/c1-6-2-4-9(8(6)12)5-3-7(10)11/h6H,2-5H2,1H3,(H,10,11). The van der Waals surface area contributed by atoms with Crippen molar-refractivity contribution in [3.8, 4) is 0 Å². The zero-order valence-electron chi connectivity index (χ0n) is 7.12. The number of carbonyl (C=O) groups is 2. The number of likely N-dealkylation sites (tertiary alicyclic amines) is 1. The molecule has 1 rings (SSSR count). The molecule has 12 heavy (non-hydrogen) atoms. The van der Waals surface area contributed by atoms with Crippen LogP contribution in [0.1, 0.15) is 19.8 Å². The summed E-state index contributed by atoms with van der Waals surface area (Å²) in [6.07, 6.45) is 0.914. The average Bonchev–Trinajstić information content (AvgIpc) is 2.30. The first kappa shape index (κ1) is 9.03. The van der Waals surface area contributed by atoms with Crippen molar-refractivity contribution in [2.24, 2.45) is 5.92 Å². The smallest absolute Gasteiger partial charge is 0.305 e. The van der Waals surface area contributed by atoms with E-state index in [1.165, 1.54) is 0 Å². The molecule has 1 aliphatic rings. The number of aliphatic carboxylic acids is 1. The van der Waals surface area contributed by atoms with E-state index < -0.39 is 5.97 Å². The first-order chi connectivity index (χ1) is 5.61. The molecule has 1 N–H and O–H groups in total. The van der Waals surface area contributed by atoms with Gasteiger partial charge in [-0.25, -0.2) is 0 Å². The Balaban J connectivity index is 2.34. The number of carboxylic acid groups (broad SMARTS) is 1. The van der Waals surface area contributed by atoms with Gasteiger partial charge in [-0.3, -0.25) is 9.59 Å². The van der Waals surface area contributed by atoms with Crippen molar-refractivity contribution in [1.82, 2.24) is 4.90 Å². The highest BCUT2D eigenvalue weighted by Crippen LogP contribution is 2.16. The summed E-state index contributed by atoms with van der Waals surface area (Å²) in [4.78, 5) is 23.1. The second-order valence-corrected chi connectivity index (χ2v) is 3.16. The number of hydrogen-bond donors (Lipinski definition) is 1. The lowest BCUT2D eigenvalue weighted by atomic mass is 10.1. The van der Waals surface area contributed by atoms with Gasteiger partial charge in [-0.05, 0) is 6.42 Å². The Morgan fingerprint density at radius 3 is 2.83 bits per heavy atom. The minimum absolute atomic E-state index is 0.0540. The Morgan fingerprint density at radius 2 is 2.42 bits per heavy atom. The zero-order valence-corrected chi connectivity index (χ0v) is 7.12. The average molecular weight is 171 g/mol. The van der Waals surface area contributed by atoms with Crippen molar-refractivity contribution in [3.05, 3.63) is 0 Å². The third-order valence-electron chi connectivity index (χ3n) is 2.16. The first-order valence-electron chi connectivity index (χ1n) is 4.12. The van der Waals surface area contributed by atoms with Gasteiger partial charge in [0.05, 0.1) is 6.42 Å². The molecule has 68 valence electrons. The molecule has 1 unspecified atom stereocenters. The SMILES string of the molecule is CC1CCN(CCC(=O)O)C1=O. The Hall–Kier alpha value is -1.06. The molecular weight excluding hydrogens is 158 g/mol. The Kier molecular flexibility index (Phi) is 2.68. The molecule has 0 aliphatic carbocycles. The van der Waals surface area contributed by atoms with Crippen molar-refractivity contribution in [2.75, 3.05) is 13.1 Å². The maximum atomic E-state index is 11.3. The molecule has 4 heteroatoms. The van der Waals surface area contributed by atoms with Gasteiger partial charge in [-0.2, -0.15) is 0 Å². The van der Waals surface area contributed by atoms with Crippen LogP contribution in [0.15, 0.2) is 0 Å². The number of nitrogens with zero attached hydrogens (tertiary/aromatic N) is 1. The molecule has 0 aromatic rings. The molecule has 0 saturated carbocycles. The monoisotopic (exact) mass is 171 g/mol. The van der Waals surface area contributed by atoms with Crippen LogP contribution in [-0.2, 0) is 9.59 Å². The summed E-state index contributed by atoms with van der Waals surface area (Å²) in [5.74, 6) is -0.669. The zero-order chi connectivity index (χ0) is 9.14. The van der Waals surface area contributed by atoms with E-state index in [-0.39, 0.29) is 18.2 Å². The fraction of sp³-hybridized carbons (Fsp3) is 0.750. The minimum atomic E-state index is -0.845. The third-order valence-corrected chi connectivity index (χ3v) is 2.16. The maximum Gasteiger partial charge on any atom is 0.305 e. The second kappa shape index (κ2) is 3.56. The van der Waals surface area contributed by atoms with Gasteiger partial charge >= 0.3 is 5.97 Å². The summed E-state index contributed by atoms with van der Waals surface area (Å²) in [5.41, 5.74) is 0. The third kappa shape index (κ3) is 1.96. The molecule has 1 aliphatic heterocycles. The van der Waals surface area contributed by atoms with Crippen LogP contribution in [0.2, 0.25) is 0 Å². The van der Waals surface area contributed by atoms with Crippen LogP contribution >= 0.6 is 0 Å². The van der Waals surface area contributed by atoms with E-state index in [9.17, 15) is 9.59 Å². The van der Waals surface area contributed by atoms with Crippen molar-refractivity contribution in [1.29, 1.82) is 0 Å². The molecule has 4 nitrogen and oxygen atoms in total. The summed E-state index contributed by atoms with van der Waals surface area (Å²) >= 11 is 0. The summed E-state index contributed by atoms with van der Waals surface area (Å²) in [6.45, 7) is 2.95. The van der Waals surface area contributed by atoms with Gasteiger partial charge in [0.2, 0.25) is 5.91 Å². The molecular formula is C8H13NO3. The predicted molar refractivity (Wildman–Crippen MR) is 42.6 cm³/mol. The molecule has 1 heterocycles. The van der Waals surface area contributed by atoms with Crippen molar-refractivity contribution in [2.45, 2.75) is 19.8 Å². The van der Waals surface area contributed by atoms with Crippen LogP contribution in [0.4, 0.5) is 0 Å². The molecule has 1 atom stereocenters. The van der Waals surface area contributed by atoms with Crippen LogP contribution in [-0.4, -0.2) is 35.0 Å². The van der Waals surface area contributed by atoms with Crippen LogP contribution < -0.4 is 0 Å². The largest absolute Gasteiger partial charge is 0.481 e. The highest BCUT2D eigenvalue weighted by molar-refractivity contribution is 5.81. The van der Waals surface area contributed by atoms with Crippen LogP contribution in [0.5, 0.6) is 0 Å². The van der Waals surface area contributed by atoms with E-state index >= 15 is 0 Å². The molecule has 1 saturated heterocycles. The summed E-state index contributed by atoms with van der Waals surface area (Å²) in [7, 11) is 0. The van der Waals surface area contributed by atoms with Gasteiger partial charge < -0.3 is 10.0 Å². The highest BCUT2D eigenvalue weighted by atomic mass is 16.4. The van der Waals surface area contributed by atoms with Crippen LogP contribution in [0.3, 0.4) is 0 Å². The predicted octanol–water partition coefficient (Wildman–Crippen LogP) is 0.330. The molecule has 0 aromatic carbocycles. The van der Waals surface area contributed by atoms with Crippen molar-refractivity contribution < 1.29 is 14.7 Å². The lowest BCUT2D eigenvalue weighted by molar-refractivity contribution is -0.138. The van der Waals surface area contributed by atoms with Gasteiger partial charge in [-0.1, -0.05) is 6.92 Å². The quantitative estimate of drug-likeness (QED) is 0.665. The summed E-state index contributed by atoms with van der Waals surface area (Å²) < 4.78 is 0. The van der Waals surface area contributed by atoms with Gasteiger partial charge in [-0.15, -0.1) is 0 Å². The molecule has 1 fully saturated rings. The van der Waals surface area contributed by atoms with Crippen LogP contribution in [0.25, 0.3) is 0 Å². The van der Waals surface area contributed by atoms with E-state index in [1.54, 1.807) is 4.90 Å². The van der Waals surface area contributed by atoms with Gasteiger partial charge in [0.15, 0.2) is 0 Å². The molecule has 0 spiro atoms. The van der Waals surface area contributed by atoms with Crippen molar-refractivity contribution >= 4 is 11.9 Å². The number of carbonyl (C=O) groups excluding carboxylic acids is 1. The highest BCUT2D eigenvalue weighted by Gasteiger charge is 2.27. The summed E-state index contributed by atoms with van der Waals surface area (Å²) in [5, 5.41) is 8.39. The number of rotatable bonds is 3. The lowest BCUT2D eigenvalue weighted by Gasteiger charge is -2.13. The van der Waals surface area contributed by atoms with E-state index in [2.05, 4.69) is 0 Å². The van der Waals surface area contributed by atoms with Gasteiger partial charge in [0.25, 0.3) is 0 Å². The number of hydrogen-bond acceptors (Lipinski definition) is 2. The van der Waals surface area contributed by atoms with Gasteiger partial charge in [0, 0.05) is 19.0 Å². The Morgan fingerprint density at radius 1 is 1.75 bits per heavy atom. The Bertz CT molecular complexity index is 202. The fourth-order valence-corrected chi connectivity index (χ4v) is 1.35. The summed E-state index contributed by atoms with van der Waals surface area (Å²) in [6, 6.07) is 0. The first-order valence-corrected chi connectivity index (χ1v) is 4.12.